The zero-order chi connectivity index (χ0) is 14.2. The number of anilines is 1. The van der Waals surface area contributed by atoms with Crippen molar-refractivity contribution in [2.45, 2.75) is 31.6 Å². The van der Waals surface area contributed by atoms with Gasteiger partial charge in [-0.1, -0.05) is 30.2 Å². The molecule has 1 heterocycles. The Morgan fingerprint density at radius 2 is 2.05 bits per heavy atom. The van der Waals surface area contributed by atoms with Crippen molar-refractivity contribution >= 4 is 23.3 Å². The number of nitrogens with zero attached hydrogens (tertiary/aromatic N) is 1. The number of carbonyl (C=O) groups is 1. The number of amides is 1. The smallest absolute Gasteiger partial charge is 0.222 e. The van der Waals surface area contributed by atoms with Gasteiger partial charge in [0, 0.05) is 29.1 Å². The molecule has 0 spiro atoms. The Hall–Kier alpha value is -1.81. The summed E-state index contributed by atoms with van der Waals surface area (Å²) in [5.74, 6) is 0.463. The van der Waals surface area contributed by atoms with Crippen LogP contribution in [-0.4, -0.2) is 16.1 Å². The van der Waals surface area contributed by atoms with Crippen molar-refractivity contribution < 1.29 is 4.79 Å². The lowest BCUT2D eigenvalue weighted by Crippen LogP contribution is -2.35. The summed E-state index contributed by atoms with van der Waals surface area (Å²) < 4.78 is 0. The summed E-state index contributed by atoms with van der Waals surface area (Å²) >= 11 is 5.96. The SMILES string of the molecule is CC(=O)Nc1cc(C2(c3ccc(Cl)cc3)CCC2)[nH]n1. The molecule has 0 saturated heterocycles. The van der Waals surface area contributed by atoms with E-state index in [0.29, 0.717) is 5.82 Å². The quantitative estimate of drug-likeness (QED) is 0.909. The van der Waals surface area contributed by atoms with Crippen LogP contribution >= 0.6 is 11.6 Å². The molecule has 0 atom stereocenters. The summed E-state index contributed by atoms with van der Waals surface area (Å²) in [7, 11) is 0. The van der Waals surface area contributed by atoms with Gasteiger partial charge >= 0.3 is 0 Å². The van der Waals surface area contributed by atoms with E-state index in [1.54, 1.807) is 0 Å². The van der Waals surface area contributed by atoms with Gasteiger partial charge in [-0.2, -0.15) is 5.10 Å². The van der Waals surface area contributed by atoms with Crippen LogP contribution in [0.3, 0.4) is 0 Å². The van der Waals surface area contributed by atoms with Gasteiger partial charge in [-0.15, -0.1) is 0 Å². The number of aromatic nitrogens is 2. The Morgan fingerprint density at radius 3 is 2.60 bits per heavy atom. The van der Waals surface area contributed by atoms with Gasteiger partial charge < -0.3 is 5.32 Å². The lowest BCUT2D eigenvalue weighted by Gasteiger charge is -2.41. The van der Waals surface area contributed by atoms with Gasteiger partial charge in [0.1, 0.15) is 0 Å². The fourth-order valence-electron chi connectivity index (χ4n) is 2.82. The predicted molar refractivity (Wildman–Crippen MR) is 79.0 cm³/mol. The molecule has 1 fully saturated rings. The molecule has 1 aliphatic carbocycles. The van der Waals surface area contributed by atoms with Crippen LogP contribution in [-0.2, 0) is 10.2 Å². The van der Waals surface area contributed by atoms with Crippen molar-refractivity contribution in [3.63, 3.8) is 0 Å². The van der Waals surface area contributed by atoms with Gasteiger partial charge in [-0.25, -0.2) is 0 Å². The van der Waals surface area contributed by atoms with Gasteiger partial charge in [-0.05, 0) is 30.5 Å². The first kappa shape index (κ1) is 13.2. The van der Waals surface area contributed by atoms with Crippen LogP contribution in [0.25, 0.3) is 0 Å². The van der Waals surface area contributed by atoms with Crippen LogP contribution in [0.5, 0.6) is 0 Å². The number of halogens is 1. The van der Waals surface area contributed by atoms with E-state index in [1.165, 1.54) is 18.9 Å². The molecule has 2 N–H and O–H groups in total. The second kappa shape index (κ2) is 4.94. The van der Waals surface area contributed by atoms with E-state index in [-0.39, 0.29) is 11.3 Å². The first-order valence-electron chi connectivity index (χ1n) is 6.70. The van der Waals surface area contributed by atoms with Crippen LogP contribution in [0.2, 0.25) is 5.02 Å². The Labute approximate surface area is 122 Å². The van der Waals surface area contributed by atoms with E-state index < -0.39 is 0 Å². The summed E-state index contributed by atoms with van der Waals surface area (Å²) in [5.41, 5.74) is 2.27. The Bertz CT molecular complexity index is 629. The molecule has 2 aromatic rings. The molecular weight excluding hydrogens is 274 g/mol. The first-order valence-corrected chi connectivity index (χ1v) is 7.07. The number of benzene rings is 1. The highest BCUT2D eigenvalue weighted by Gasteiger charge is 2.41. The summed E-state index contributed by atoms with van der Waals surface area (Å²) in [4.78, 5) is 11.1. The molecule has 20 heavy (non-hydrogen) atoms. The number of rotatable bonds is 3. The second-order valence-corrected chi connectivity index (χ2v) is 5.73. The van der Waals surface area contributed by atoms with Crippen molar-refractivity contribution in [1.29, 1.82) is 0 Å². The van der Waals surface area contributed by atoms with E-state index in [2.05, 4.69) is 27.6 Å². The number of nitrogens with one attached hydrogen (secondary N) is 2. The van der Waals surface area contributed by atoms with Gasteiger partial charge in [-0.3, -0.25) is 9.89 Å². The van der Waals surface area contributed by atoms with Crippen LogP contribution in [0.15, 0.2) is 30.3 Å². The average Bonchev–Trinajstić information content (AvgIpc) is 2.78. The Balaban J connectivity index is 1.94. The first-order chi connectivity index (χ1) is 9.60. The number of aromatic amines is 1. The third kappa shape index (κ3) is 2.20. The van der Waals surface area contributed by atoms with Gasteiger partial charge in [0.25, 0.3) is 0 Å². The van der Waals surface area contributed by atoms with Crippen molar-refractivity contribution in [2.24, 2.45) is 0 Å². The van der Waals surface area contributed by atoms with Crippen molar-refractivity contribution in [2.75, 3.05) is 5.32 Å². The van der Waals surface area contributed by atoms with Crippen LogP contribution < -0.4 is 5.32 Å². The summed E-state index contributed by atoms with van der Waals surface area (Å²) in [5, 5.41) is 10.7. The van der Waals surface area contributed by atoms with Gasteiger partial charge in [0.05, 0.1) is 0 Å². The monoisotopic (exact) mass is 289 g/mol. The minimum atomic E-state index is -0.114. The standard InChI is InChI=1S/C15H16ClN3O/c1-10(20)17-14-9-13(18-19-14)15(7-2-8-15)11-3-5-12(16)6-4-11/h3-6,9H,2,7-8H2,1H3,(H2,17,18,19,20). The predicted octanol–water partition coefficient (Wildman–Crippen LogP) is 3.49. The molecule has 1 aromatic carbocycles. The zero-order valence-electron chi connectivity index (χ0n) is 11.2. The molecular formula is C15H16ClN3O. The van der Waals surface area contributed by atoms with Gasteiger partial charge in [0.15, 0.2) is 5.82 Å². The molecule has 104 valence electrons. The highest BCUT2D eigenvalue weighted by atomic mass is 35.5. The molecule has 0 unspecified atom stereocenters. The topological polar surface area (TPSA) is 57.8 Å². The molecule has 0 radical (unpaired) electrons. The van der Waals surface area contributed by atoms with E-state index in [4.69, 9.17) is 11.6 Å². The van der Waals surface area contributed by atoms with E-state index in [0.717, 1.165) is 23.6 Å². The molecule has 1 saturated carbocycles. The molecule has 1 aromatic heterocycles. The van der Waals surface area contributed by atoms with Crippen LogP contribution in [0.4, 0.5) is 5.82 Å². The lowest BCUT2D eigenvalue weighted by atomic mass is 9.62. The van der Waals surface area contributed by atoms with E-state index >= 15 is 0 Å². The largest absolute Gasteiger partial charge is 0.309 e. The van der Waals surface area contributed by atoms with Crippen molar-refractivity contribution in [1.82, 2.24) is 10.2 Å². The molecule has 1 amide bonds. The summed E-state index contributed by atoms with van der Waals surface area (Å²) in [6.45, 7) is 1.48. The molecule has 0 bridgehead atoms. The minimum absolute atomic E-state index is 0.0195. The third-order valence-corrected chi connectivity index (χ3v) is 4.25. The van der Waals surface area contributed by atoms with Crippen molar-refractivity contribution in [3.05, 3.63) is 46.6 Å². The normalized spacial score (nSPS) is 16.5. The number of hydrogen-bond acceptors (Lipinski definition) is 2. The Kier molecular flexibility index (Phi) is 3.26. The maximum atomic E-state index is 11.1. The van der Waals surface area contributed by atoms with E-state index in [9.17, 15) is 4.79 Å². The molecule has 1 aliphatic rings. The van der Waals surface area contributed by atoms with Crippen LogP contribution in [0.1, 0.15) is 37.4 Å². The highest BCUT2D eigenvalue weighted by Crippen LogP contribution is 2.48. The fourth-order valence-corrected chi connectivity index (χ4v) is 2.95. The fraction of sp³-hybridized carbons (Fsp3) is 0.333. The summed E-state index contributed by atoms with van der Waals surface area (Å²) in [6.07, 6.45) is 3.35. The minimum Gasteiger partial charge on any atom is -0.309 e. The summed E-state index contributed by atoms with van der Waals surface area (Å²) in [6, 6.07) is 9.90. The highest BCUT2D eigenvalue weighted by molar-refractivity contribution is 6.30. The molecule has 3 rings (SSSR count). The van der Waals surface area contributed by atoms with Crippen LogP contribution in [0, 0.1) is 0 Å². The zero-order valence-corrected chi connectivity index (χ0v) is 12.0. The average molecular weight is 290 g/mol. The number of carbonyl (C=O) groups excluding carboxylic acids is 1. The Morgan fingerprint density at radius 1 is 1.35 bits per heavy atom. The molecule has 0 aliphatic heterocycles. The second-order valence-electron chi connectivity index (χ2n) is 5.29. The van der Waals surface area contributed by atoms with Crippen molar-refractivity contribution in [3.8, 4) is 0 Å². The van der Waals surface area contributed by atoms with E-state index in [1.807, 2.05) is 18.2 Å². The third-order valence-electron chi connectivity index (χ3n) is 4.00. The number of hydrogen-bond donors (Lipinski definition) is 2. The lowest BCUT2D eigenvalue weighted by molar-refractivity contribution is -0.114. The molecule has 4 nitrogen and oxygen atoms in total. The maximum absolute atomic E-state index is 11.1. The van der Waals surface area contributed by atoms with Gasteiger partial charge in [0.2, 0.25) is 5.91 Å². The maximum Gasteiger partial charge on any atom is 0.222 e. The molecule has 5 heteroatoms. The number of H-pyrrole nitrogens is 1.